The molecule has 0 unspecified atom stereocenters. The van der Waals surface area contributed by atoms with Crippen LogP contribution in [0.1, 0.15) is 28.8 Å². The number of amidine groups is 1. The third kappa shape index (κ3) is 7.09. The van der Waals surface area contributed by atoms with Crippen LogP contribution >= 0.6 is 0 Å². The average Bonchev–Trinajstić information content (AvgIpc) is 2.96. The number of nitrogens with two attached hydrogens (primary N) is 1. The number of carbonyl (C=O) groups is 2. The van der Waals surface area contributed by atoms with Crippen LogP contribution in [-0.4, -0.2) is 89.5 Å². The number of pyridine rings is 1. The van der Waals surface area contributed by atoms with E-state index in [-0.39, 0.29) is 47.0 Å². The first-order valence-electron chi connectivity index (χ1n) is 13.3. The van der Waals surface area contributed by atoms with Gasteiger partial charge in [-0.1, -0.05) is 6.07 Å². The van der Waals surface area contributed by atoms with Crippen molar-refractivity contribution in [3.8, 4) is 29.0 Å². The predicted molar refractivity (Wildman–Crippen MR) is 153 cm³/mol. The van der Waals surface area contributed by atoms with Crippen molar-refractivity contribution in [3.05, 3.63) is 65.2 Å². The number of phenolic OH excluding ortho intramolecular Hbond substituents is 1. The molecule has 1 saturated heterocycles. The van der Waals surface area contributed by atoms with E-state index in [9.17, 15) is 14.7 Å². The molecule has 1 aliphatic heterocycles. The van der Waals surface area contributed by atoms with Gasteiger partial charge in [-0.25, -0.2) is 0 Å². The van der Waals surface area contributed by atoms with Gasteiger partial charge in [-0.2, -0.15) is 13.8 Å². The number of aromatic nitrogens is 1. The van der Waals surface area contributed by atoms with Crippen LogP contribution in [0, 0.1) is 17.0 Å². The molecule has 12 nitrogen and oxygen atoms in total. The number of likely N-dealkylation sites (tertiary alicyclic amines) is 1. The van der Waals surface area contributed by atoms with Crippen molar-refractivity contribution in [2.45, 2.75) is 18.9 Å². The largest absolute Gasteiger partial charge is 0.504 e. The molecule has 5 N–H and O–H groups in total. The average molecular weight is 599 g/mol. The third-order valence-corrected chi connectivity index (χ3v) is 6.99. The van der Waals surface area contributed by atoms with Crippen LogP contribution < -0.4 is 20.1 Å². The van der Waals surface area contributed by atoms with E-state index in [1.54, 1.807) is 25.1 Å². The van der Waals surface area contributed by atoms with Gasteiger partial charge in [-0.05, 0) is 49.2 Å². The lowest BCUT2D eigenvalue weighted by atomic mass is 10.0. The summed E-state index contributed by atoms with van der Waals surface area (Å²) in [6.45, 7) is 0.671. The maximum absolute atomic E-state index is 16.0. The first kappa shape index (κ1) is 31.0. The Balaban J connectivity index is 1.75. The highest BCUT2D eigenvalue weighted by molar-refractivity contribution is 5.95. The SMILES string of the molecule is CN(C)C(=O)c1cccc(Oc2nc(Oc3cc(C(=N)N)ccc3O)c(F)c(N(C)C3CCN(CC(=O)O)CC3)c2F)c1. The molecule has 0 bridgehead atoms. The summed E-state index contributed by atoms with van der Waals surface area (Å²) in [5, 5.41) is 27.1. The Morgan fingerprint density at radius 3 is 2.30 bits per heavy atom. The van der Waals surface area contributed by atoms with E-state index in [2.05, 4.69) is 4.98 Å². The number of carbonyl (C=O) groups excluding carboxylic acids is 1. The summed E-state index contributed by atoms with van der Waals surface area (Å²) in [4.78, 5) is 32.0. The number of carboxylic acid groups (broad SMARTS) is 1. The molecule has 0 saturated carbocycles. The zero-order valence-electron chi connectivity index (χ0n) is 23.8. The van der Waals surface area contributed by atoms with Crippen LogP contribution in [0.2, 0.25) is 0 Å². The molecule has 0 aliphatic carbocycles. The zero-order valence-corrected chi connectivity index (χ0v) is 23.8. The van der Waals surface area contributed by atoms with Crippen LogP contribution in [0.4, 0.5) is 14.5 Å². The van der Waals surface area contributed by atoms with E-state index in [1.807, 2.05) is 0 Å². The molecule has 4 rings (SSSR count). The highest BCUT2D eigenvalue weighted by Crippen LogP contribution is 2.41. The zero-order chi connectivity index (χ0) is 31.4. The molecule has 228 valence electrons. The van der Waals surface area contributed by atoms with Crippen molar-refractivity contribution in [2.24, 2.45) is 5.73 Å². The van der Waals surface area contributed by atoms with Gasteiger partial charge in [0.15, 0.2) is 11.5 Å². The maximum atomic E-state index is 16.0. The predicted octanol–water partition coefficient (Wildman–Crippen LogP) is 3.62. The van der Waals surface area contributed by atoms with E-state index in [0.717, 1.165) is 0 Å². The summed E-state index contributed by atoms with van der Waals surface area (Å²) in [7, 11) is 4.65. The lowest BCUT2D eigenvalue weighted by molar-refractivity contribution is -0.138. The first-order chi connectivity index (χ1) is 20.3. The molecule has 43 heavy (non-hydrogen) atoms. The second kappa shape index (κ2) is 12.9. The maximum Gasteiger partial charge on any atom is 0.317 e. The Bertz CT molecular complexity index is 1540. The van der Waals surface area contributed by atoms with Crippen LogP contribution in [0.5, 0.6) is 29.0 Å². The summed E-state index contributed by atoms with van der Waals surface area (Å²) < 4.78 is 43.4. The number of nitrogens with zero attached hydrogens (tertiary/aromatic N) is 4. The van der Waals surface area contributed by atoms with Crippen molar-refractivity contribution in [2.75, 3.05) is 45.7 Å². The van der Waals surface area contributed by atoms with Gasteiger partial charge in [-0.3, -0.25) is 19.9 Å². The molecular weight excluding hydrogens is 566 g/mol. The number of aliphatic carboxylic acids is 1. The fourth-order valence-corrected chi connectivity index (χ4v) is 4.70. The summed E-state index contributed by atoms with van der Waals surface area (Å²) in [5.74, 6) is -5.95. The molecule has 3 aromatic rings. The number of nitrogen functional groups attached to an aromatic ring is 1. The number of benzene rings is 2. The molecule has 2 aromatic carbocycles. The highest BCUT2D eigenvalue weighted by atomic mass is 19.1. The number of hydrogen-bond acceptors (Lipinski definition) is 9. The van der Waals surface area contributed by atoms with Crippen LogP contribution in [0.3, 0.4) is 0 Å². The van der Waals surface area contributed by atoms with Gasteiger partial charge in [0, 0.05) is 51.4 Å². The monoisotopic (exact) mass is 598 g/mol. The minimum Gasteiger partial charge on any atom is -0.504 e. The van der Waals surface area contributed by atoms with Gasteiger partial charge >= 0.3 is 5.97 Å². The lowest BCUT2D eigenvalue weighted by Gasteiger charge is -2.37. The Hall–Kier alpha value is -4.98. The normalized spacial score (nSPS) is 13.8. The number of phenols is 1. The molecule has 1 amide bonds. The second-order valence-corrected chi connectivity index (χ2v) is 10.2. The molecule has 1 aromatic heterocycles. The van der Waals surface area contributed by atoms with Crippen molar-refractivity contribution < 1.29 is 38.1 Å². The molecule has 0 spiro atoms. The number of halogens is 2. The van der Waals surface area contributed by atoms with Crippen molar-refractivity contribution in [1.82, 2.24) is 14.8 Å². The van der Waals surface area contributed by atoms with E-state index < -0.39 is 40.8 Å². The first-order valence-corrected chi connectivity index (χ1v) is 13.3. The number of amides is 1. The van der Waals surface area contributed by atoms with Crippen molar-refractivity contribution >= 4 is 23.4 Å². The highest BCUT2D eigenvalue weighted by Gasteiger charge is 2.32. The fourth-order valence-electron chi connectivity index (χ4n) is 4.70. The number of aromatic hydroxyl groups is 1. The Morgan fingerprint density at radius 2 is 1.70 bits per heavy atom. The Kier molecular flexibility index (Phi) is 9.29. The van der Waals surface area contributed by atoms with Gasteiger partial charge in [0.05, 0.1) is 6.54 Å². The van der Waals surface area contributed by atoms with Gasteiger partial charge < -0.3 is 35.2 Å². The number of rotatable bonds is 10. The molecule has 1 fully saturated rings. The van der Waals surface area contributed by atoms with Gasteiger partial charge in [-0.15, -0.1) is 0 Å². The summed E-state index contributed by atoms with van der Waals surface area (Å²) in [5.41, 5.74) is 5.47. The van der Waals surface area contributed by atoms with Gasteiger partial charge in [0.1, 0.15) is 17.3 Å². The van der Waals surface area contributed by atoms with E-state index in [4.69, 9.17) is 25.7 Å². The topological polar surface area (TPSA) is 166 Å². The Morgan fingerprint density at radius 1 is 1.05 bits per heavy atom. The van der Waals surface area contributed by atoms with E-state index in [1.165, 1.54) is 53.2 Å². The smallest absolute Gasteiger partial charge is 0.317 e. The molecule has 1 aliphatic rings. The van der Waals surface area contributed by atoms with E-state index >= 15 is 8.78 Å². The molecule has 0 radical (unpaired) electrons. The van der Waals surface area contributed by atoms with Crippen molar-refractivity contribution in [1.29, 1.82) is 5.41 Å². The summed E-state index contributed by atoms with van der Waals surface area (Å²) in [6.07, 6.45) is 0.848. The number of hydrogen-bond donors (Lipinski definition) is 4. The number of nitrogens with one attached hydrogen (secondary N) is 1. The van der Waals surface area contributed by atoms with Crippen LogP contribution in [0.15, 0.2) is 42.5 Å². The summed E-state index contributed by atoms with van der Waals surface area (Å²) in [6, 6.07) is 9.36. The number of carboxylic acids is 1. The number of anilines is 1. The van der Waals surface area contributed by atoms with Gasteiger partial charge in [0.2, 0.25) is 11.6 Å². The Labute approximate surface area is 246 Å². The fraction of sp³-hybridized carbons (Fsp3) is 0.310. The van der Waals surface area contributed by atoms with Crippen LogP contribution in [-0.2, 0) is 4.79 Å². The standard InChI is InChI=1S/C29H32F2N6O6/c1-35(2)29(41)17-5-4-6-19(13-17)42-27-23(30)25(36(3)18-9-11-37(12-10-18)15-22(39)40)24(31)28(34-27)43-21-14-16(26(32)33)7-8-20(21)38/h4-8,13-14,18,38H,9-12,15H2,1-3H3,(H3,32,33)(H,39,40). The summed E-state index contributed by atoms with van der Waals surface area (Å²) >= 11 is 0. The quantitative estimate of drug-likeness (QED) is 0.200. The molecular formula is C29H32F2N6O6. The second-order valence-electron chi connectivity index (χ2n) is 10.2. The molecule has 2 heterocycles. The minimum atomic E-state index is -1.18. The lowest BCUT2D eigenvalue weighted by Crippen LogP contribution is -2.45. The van der Waals surface area contributed by atoms with Crippen molar-refractivity contribution in [3.63, 3.8) is 0 Å². The molecule has 14 heteroatoms. The number of piperidine rings is 1. The third-order valence-electron chi connectivity index (χ3n) is 6.99. The van der Waals surface area contributed by atoms with Gasteiger partial charge in [0.25, 0.3) is 17.7 Å². The van der Waals surface area contributed by atoms with E-state index in [0.29, 0.717) is 25.9 Å². The molecule has 0 atom stereocenters. The number of ether oxygens (including phenoxy) is 2. The van der Waals surface area contributed by atoms with Crippen LogP contribution in [0.25, 0.3) is 0 Å². The minimum absolute atomic E-state index is 0.0497.